The maximum absolute atomic E-state index is 13.5. The molecular weight excluding hydrogens is 293 g/mol. The lowest BCUT2D eigenvalue weighted by molar-refractivity contribution is -0.147. The number of aliphatic carboxylic acids is 1. The Hall–Kier alpha value is -2.64. The van der Waals surface area contributed by atoms with Gasteiger partial charge in [0.25, 0.3) is 0 Å². The van der Waals surface area contributed by atoms with Gasteiger partial charge in [-0.05, 0) is 38.5 Å². The van der Waals surface area contributed by atoms with Crippen LogP contribution in [0.3, 0.4) is 0 Å². The second-order valence-corrected chi connectivity index (χ2v) is 5.38. The first-order valence-electron chi connectivity index (χ1n) is 6.51. The average Bonchev–Trinajstić information content (AvgIpc) is 2.40. The topological polar surface area (TPSA) is 122 Å². The lowest BCUT2D eigenvalue weighted by Gasteiger charge is -2.19. The fourth-order valence-electron chi connectivity index (χ4n) is 1.54. The highest BCUT2D eigenvalue weighted by Crippen LogP contribution is 2.19. The van der Waals surface area contributed by atoms with Crippen LogP contribution in [0.25, 0.3) is 0 Å². The number of hydrogen-bond acceptors (Lipinski definition) is 3. The van der Waals surface area contributed by atoms with Crippen molar-refractivity contribution in [2.45, 2.75) is 20.3 Å². The zero-order valence-corrected chi connectivity index (χ0v) is 12.3. The number of anilines is 1. The Bertz CT molecular complexity index is 602. The molecular formula is C14H18FN3O4. The number of benzene rings is 1. The number of primary amides is 1. The number of urea groups is 1. The van der Waals surface area contributed by atoms with E-state index in [9.17, 15) is 18.8 Å². The molecule has 7 nitrogen and oxygen atoms in total. The Balaban J connectivity index is 2.61. The predicted octanol–water partition coefficient (Wildman–Crippen LogP) is 1.55. The van der Waals surface area contributed by atoms with Crippen LogP contribution in [0.5, 0.6) is 0 Å². The summed E-state index contributed by atoms with van der Waals surface area (Å²) >= 11 is 0. The van der Waals surface area contributed by atoms with E-state index in [-0.39, 0.29) is 24.2 Å². The summed E-state index contributed by atoms with van der Waals surface area (Å²) in [5.74, 6) is -2.44. The van der Waals surface area contributed by atoms with Gasteiger partial charge in [-0.25, -0.2) is 9.18 Å². The van der Waals surface area contributed by atoms with E-state index in [1.54, 1.807) is 0 Å². The van der Waals surface area contributed by atoms with E-state index in [0.29, 0.717) is 0 Å². The van der Waals surface area contributed by atoms with Crippen LogP contribution in [0.1, 0.15) is 30.6 Å². The Kier molecular flexibility index (Phi) is 5.44. The lowest BCUT2D eigenvalue weighted by atomic mass is 9.90. The van der Waals surface area contributed by atoms with Gasteiger partial charge in [-0.1, -0.05) is 0 Å². The molecule has 0 bridgehead atoms. The van der Waals surface area contributed by atoms with Crippen molar-refractivity contribution in [2.75, 3.05) is 11.9 Å². The van der Waals surface area contributed by atoms with E-state index in [1.807, 2.05) is 0 Å². The van der Waals surface area contributed by atoms with E-state index < -0.39 is 29.1 Å². The second kappa shape index (κ2) is 6.88. The number of hydrogen-bond donors (Lipinski definition) is 4. The van der Waals surface area contributed by atoms with E-state index in [4.69, 9.17) is 10.8 Å². The number of nitrogens with one attached hydrogen (secondary N) is 2. The van der Waals surface area contributed by atoms with Crippen molar-refractivity contribution < 1.29 is 23.9 Å². The zero-order valence-electron chi connectivity index (χ0n) is 12.3. The summed E-state index contributed by atoms with van der Waals surface area (Å²) in [7, 11) is 0. The van der Waals surface area contributed by atoms with E-state index >= 15 is 0 Å². The number of carboxylic acids is 1. The molecule has 0 saturated heterocycles. The third-order valence-corrected chi connectivity index (χ3v) is 3.11. The molecule has 0 fully saturated rings. The van der Waals surface area contributed by atoms with Crippen molar-refractivity contribution in [2.24, 2.45) is 11.1 Å². The standard InChI is InChI=1S/C14H18FN3O4/c1-14(2,12(20)21)5-6-17-13(22)18-10-7-8(11(16)19)3-4-9(10)15/h3-4,7H,5-6H2,1-2H3,(H2,16,19)(H,20,21)(H2,17,18,22). The van der Waals surface area contributed by atoms with E-state index in [0.717, 1.165) is 12.1 Å². The minimum absolute atomic E-state index is 0.0590. The zero-order chi connectivity index (χ0) is 16.9. The number of nitrogens with two attached hydrogens (primary N) is 1. The summed E-state index contributed by atoms with van der Waals surface area (Å²) in [4.78, 5) is 33.6. The first-order valence-corrected chi connectivity index (χ1v) is 6.51. The number of carboxylic acid groups (broad SMARTS) is 1. The van der Waals surface area contributed by atoms with Gasteiger partial charge in [0.1, 0.15) is 5.82 Å². The van der Waals surface area contributed by atoms with E-state index in [2.05, 4.69) is 10.6 Å². The molecule has 0 heterocycles. The summed E-state index contributed by atoms with van der Waals surface area (Å²) in [6.07, 6.45) is 0.208. The Morgan fingerprint density at radius 2 is 1.95 bits per heavy atom. The molecule has 1 aromatic carbocycles. The molecule has 0 atom stereocenters. The van der Waals surface area contributed by atoms with Crippen LogP contribution in [0.4, 0.5) is 14.9 Å². The third kappa shape index (κ3) is 4.72. The summed E-state index contributed by atoms with van der Waals surface area (Å²) in [6, 6.07) is 2.64. The van der Waals surface area contributed by atoms with Gasteiger partial charge in [-0.2, -0.15) is 0 Å². The number of rotatable bonds is 6. The van der Waals surface area contributed by atoms with Crippen LogP contribution in [0, 0.1) is 11.2 Å². The molecule has 1 aromatic rings. The molecule has 0 spiro atoms. The molecule has 0 unspecified atom stereocenters. The van der Waals surface area contributed by atoms with Gasteiger partial charge in [0.2, 0.25) is 5.91 Å². The van der Waals surface area contributed by atoms with Crippen molar-refractivity contribution in [1.29, 1.82) is 0 Å². The van der Waals surface area contributed by atoms with Crippen LogP contribution in [0.2, 0.25) is 0 Å². The van der Waals surface area contributed by atoms with Crippen molar-refractivity contribution in [3.05, 3.63) is 29.6 Å². The number of amides is 3. The second-order valence-electron chi connectivity index (χ2n) is 5.38. The van der Waals surface area contributed by atoms with Crippen molar-refractivity contribution >= 4 is 23.6 Å². The van der Waals surface area contributed by atoms with Crippen molar-refractivity contribution in [3.8, 4) is 0 Å². The van der Waals surface area contributed by atoms with Crippen molar-refractivity contribution in [1.82, 2.24) is 5.32 Å². The van der Waals surface area contributed by atoms with E-state index in [1.165, 1.54) is 19.9 Å². The first kappa shape index (κ1) is 17.4. The third-order valence-electron chi connectivity index (χ3n) is 3.11. The molecule has 22 heavy (non-hydrogen) atoms. The Morgan fingerprint density at radius 1 is 1.32 bits per heavy atom. The number of carbonyl (C=O) groups is 3. The molecule has 0 aliphatic heterocycles. The highest BCUT2D eigenvalue weighted by atomic mass is 19.1. The molecule has 0 aliphatic rings. The highest BCUT2D eigenvalue weighted by molar-refractivity contribution is 5.96. The van der Waals surface area contributed by atoms with Gasteiger partial charge >= 0.3 is 12.0 Å². The smallest absolute Gasteiger partial charge is 0.319 e. The van der Waals surface area contributed by atoms with Gasteiger partial charge in [-0.3, -0.25) is 9.59 Å². The average molecular weight is 311 g/mol. The van der Waals surface area contributed by atoms with Gasteiger partial charge < -0.3 is 21.5 Å². The fourth-order valence-corrected chi connectivity index (χ4v) is 1.54. The summed E-state index contributed by atoms with van der Waals surface area (Å²) in [6.45, 7) is 3.16. The van der Waals surface area contributed by atoms with Gasteiger partial charge in [0.15, 0.2) is 0 Å². The minimum Gasteiger partial charge on any atom is -0.481 e. The molecule has 5 N–H and O–H groups in total. The van der Waals surface area contributed by atoms with Crippen LogP contribution in [0.15, 0.2) is 18.2 Å². The summed E-state index contributed by atoms with van der Waals surface area (Å²) in [5, 5.41) is 13.6. The Morgan fingerprint density at radius 3 is 2.50 bits per heavy atom. The van der Waals surface area contributed by atoms with Gasteiger partial charge in [0.05, 0.1) is 11.1 Å². The molecule has 0 aliphatic carbocycles. The van der Waals surface area contributed by atoms with Gasteiger partial charge in [-0.15, -0.1) is 0 Å². The monoisotopic (exact) mass is 311 g/mol. The van der Waals surface area contributed by atoms with Crippen molar-refractivity contribution in [3.63, 3.8) is 0 Å². The van der Waals surface area contributed by atoms with Crippen LogP contribution in [-0.2, 0) is 4.79 Å². The lowest BCUT2D eigenvalue weighted by Crippen LogP contribution is -2.34. The van der Waals surface area contributed by atoms with Crippen LogP contribution < -0.4 is 16.4 Å². The normalized spacial score (nSPS) is 10.9. The predicted molar refractivity (Wildman–Crippen MR) is 78.0 cm³/mol. The fraction of sp³-hybridized carbons (Fsp3) is 0.357. The molecule has 3 amide bonds. The van der Waals surface area contributed by atoms with Gasteiger partial charge in [0, 0.05) is 12.1 Å². The Labute approximate surface area is 126 Å². The maximum Gasteiger partial charge on any atom is 0.319 e. The quantitative estimate of drug-likeness (QED) is 0.636. The maximum atomic E-state index is 13.5. The van der Waals surface area contributed by atoms with Crippen LogP contribution in [-0.4, -0.2) is 29.6 Å². The highest BCUT2D eigenvalue weighted by Gasteiger charge is 2.26. The molecule has 0 aromatic heterocycles. The largest absolute Gasteiger partial charge is 0.481 e. The SMILES string of the molecule is CC(C)(CCNC(=O)Nc1cc(C(N)=O)ccc1F)C(=O)O. The minimum atomic E-state index is -0.982. The number of halogens is 1. The molecule has 120 valence electrons. The first-order chi connectivity index (χ1) is 10.1. The molecule has 1 rings (SSSR count). The molecule has 0 radical (unpaired) electrons. The number of carbonyl (C=O) groups excluding carboxylic acids is 2. The van der Waals surface area contributed by atoms with Crippen LogP contribution >= 0.6 is 0 Å². The molecule has 8 heteroatoms. The summed E-state index contributed by atoms with van der Waals surface area (Å²) < 4.78 is 13.5. The molecule has 0 saturated carbocycles. The summed E-state index contributed by atoms with van der Waals surface area (Å²) in [5.41, 5.74) is 3.96.